The average molecular weight is 478 g/mol. The van der Waals surface area contributed by atoms with Gasteiger partial charge in [-0.1, -0.05) is 42.8 Å². The normalized spacial score (nSPS) is 17.4. The molecule has 7 nitrogen and oxygen atoms in total. The Balaban J connectivity index is 1.46. The van der Waals surface area contributed by atoms with Gasteiger partial charge in [-0.25, -0.2) is 4.79 Å². The molecule has 1 unspecified atom stereocenters. The van der Waals surface area contributed by atoms with E-state index in [4.69, 9.17) is 16.3 Å². The number of ether oxygens (including phenoxy) is 1. The number of rotatable bonds is 7. The maximum Gasteiger partial charge on any atom is 0.325 e. The van der Waals surface area contributed by atoms with Gasteiger partial charge in [0.25, 0.3) is 11.8 Å². The molecule has 4 amide bonds. The summed E-state index contributed by atoms with van der Waals surface area (Å²) in [6, 6.07) is 20.3. The number of hydrogen-bond donors (Lipinski definition) is 2. The van der Waals surface area contributed by atoms with Crippen molar-refractivity contribution in [2.24, 2.45) is 0 Å². The van der Waals surface area contributed by atoms with Gasteiger partial charge in [-0.2, -0.15) is 0 Å². The van der Waals surface area contributed by atoms with Crippen molar-refractivity contribution in [3.05, 3.63) is 94.5 Å². The lowest BCUT2D eigenvalue weighted by molar-refractivity contribution is -0.132. The Morgan fingerprint density at radius 2 is 1.65 bits per heavy atom. The Bertz CT molecular complexity index is 1210. The van der Waals surface area contributed by atoms with Crippen molar-refractivity contribution in [2.75, 3.05) is 12.4 Å². The maximum atomic E-state index is 13.3. The Labute approximate surface area is 202 Å². The van der Waals surface area contributed by atoms with Crippen molar-refractivity contribution in [1.29, 1.82) is 0 Å². The van der Waals surface area contributed by atoms with E-state index in [1.54, 1.807) is 79.9 Å². The molecule has 0 spiro atoms. The van der Waals surface area contributed by atoms with Crippen LogP contribution in [0.4, 0.5) is 10.5 Å². The van der Waals surface area contributed by atoms with Gasteiger partial charge in [0.15, 0.2) is 0 Å². The van der Waals surface area contributed by atoms with E-state index in [9.17, 15) is 14.4 Å². The van der Waals surface area contributed by atoms with Gasteiger partial charge in [0, 0.05) is 16.3 Å². The summed E-state index contributed by atoms with van der Waals surface area (Å²) in [6.07, 6.45) is 0.403. The van der Waals surface area contributed by atoms with Crippen molar-refractivity contribution in [2.45, 2.75) is 25.4 Å². The topological polar surface area (TPSA) is 87.7 Å². The summed E-state index contributed by atoms with van der Waals surface area (Å²) in [7, 11) is 1.58. The van der Waals surface area contributed by atoms with E-state index in [1.807, 2.05) is 6.92 Å². The molecule has 4 rings (SSSR count). The fraction of sp³-hybridized carbons (Fsp3) is 0.192. The second-order valence-corrected chi connectivity index (χ2v) is 8.40. The van der Waals surface area contributed by atoms with Crippen LogP contribution in [-0.4, -0.2) is 29.9 Å². The number of amides is 4. The van der Waals surface area contributed by atoms with Gasteiger partial charge in [-0.3, -0.25) is 14.5 Å². The summed E-state index contributed by atoms with van der Waals surface area (Å²) in [6.45, 7) is 1.95. The van der Waals surface area contributed by atoms with Crippen molar-refractivity contribution in [3.63, 3.8) is 0 Å². The van der Waals surface area contributed by atoms with Crippen LogP contribution in [0.3, 0.4) is 0 Å². The minimum Gasteiger partial charge on any atom is -0.497 e. The number of nitrogens with zero attached hydrogens (tertiary/aromatic N) is 1. The van der Waals surface area contributed by atoms with Crippen molar-refractivity contribution >= 4 is 35.1 Å². The molecule has 1 aliphatic heterocycles. The average Bonchev–Trinajstić information content (AvgIpc) is 3.10. The number of benzene rings is 3. The molecule has 34 heavy (non-hydrogen) atoms. The van der Waals surface area contributed by atoms with E-state index in [0.29, 0.717) is 34.0 Å². The molecule has 3 aromatic carbocycles. The molecule has 2 N–H and O–H groups in total. The molecule has 8 heteroatoms. The lowest BCUT2D eigenvalue weighted by atomic mass is 9.87. The van der Waals surface area contributed by atoms with Gasteiger partial charge in [0.1, 0.15) is 11.3 Å². The Morgan fingerprint density at radius 1 is 1.00 bits per heavy atom. The van der Waals surface area contributed by atoms with Gasteiger partial charge >= 0.3 is 6.03 Å². The third-order valence-electron chi connectivity index (χ3n) is 5.95. The second kappa shape index (κ2) is 9.57. The number of urea groups is 1. The molecule has 0 saturated carbocycles. The van der Waals surface area contributed by atoms with E-state index in [2.05, 4.69) is 10.6 Å². The fourth-order valence-corrected chi connectivity index (χ4v) is 4.09. The monoisotopic (exact) mass is 477 g/mol. The molecule has 1 heterocycles. The number of carbonyl (C=O) groups is 3. The lowest BCUT2D eigenvalue weighted by Crippen LogP contribution is -2.43. The largest absolute Gasteiger partial charge is 0.497 e. The van der Waals surface area contributed by atoms with E-state index >= 15 is 0 Å². The molecule has 0 bridgehead atoms. The molecule has 0 aromatic heterocycles. The van der Waals surface area contributed by atoms with Crippen LogP contribution in [0.15, 0.2) is 72.8 Å². The van der Waals surface area contributed by atoms with E-state index < -0.39 is 11.6 Å². The number of halogens is 1. The lowest BCUT2D eigenvalue weighted by Gasteiger charge is -2.26. The summed E-state index contributed by atoms with van der Waals surface area (Å²) in [5.41, 5.74) is 1.39. The van der Waals surface area contributed by atoms with Crippen molar-refractivity contribution in [3.8, 4) is 5.75 Å². The zero-order valence-electron chi connectivity index (χ0n) is 18.8. The van der Waals surface area contributed by atoms with Gasteiger partial charge in [0.2, 0.25) is 0 Å². The number of carbonyl (C=O) groups excluding carboxylic acids is 3. The van der Waals surface area contributed by atoms with Crippen molar-refractivity contribution in [1.82, 2.24) is 10.2 Å². The van der Waals surface area contributed by atoms with E-state index in [1.165, 1.54) is 4.90 Å². The highest BCUT2D eigenvalue weighted by Gasteiger charge is 2.51. The van der Waals surface area contributed by atoms with Crippen LogP contribution in [0.2, 0.25) is 5.02 Å². The predicted octanol–water partition coefficient (Wildman–Crippen LogP) is 4.96. The zero-order chi connectivity index (χ0) is 24.3. The molecule has 1 saturated heterocycles. The molecule has 3 aromatic rings. The molecule has 0 aliphatic carbocycles. The summed E-state index contributed by atoms with van der Waals surface area (Å²) >= 11 is 5.98. The van der Waals surface area contributed by atoms with Gasteiger partial charge in [-0.05, 0) is 66.1 Å². The Hall–Kier alpha value is -3.84. The molecule has 1 atom stereocenters. The van der Waals surface area contributed by atoms with E-state index in [0.717, 1.165) is 5.56 Å². The van der Waals surface area contributed by atoms with Crippen LogP contribution >= 0.6 is 11.6 Å². The molecular formula is C26H24ClN3O4. The van der Waals surface area contributed by atoms with Crippen LogP contribution in [0.5, 0.6) is 5.75 Å². The molecule has 0 radical (unpaired) electrons. The van der Waals surface area contributed by atoms with Crippen LogP contribution in [0, 0.1) is 0 Å². The third-order valence-corrected chi connectivity index (χ3v) is 6.20. The molecule has 1 aliphatic rings. The smallest absolute Gasteiger partial charge is 0.325 e. The van der Waals surface area contributed by atoms with Crippen molar-refractivity contribution < 1.29 is 19.1 Å². The predicted molar refractivity (Wildman–Crippen MR) is 130 cm³/mol. The fourth-order valence-electron chi connectivity index (χ4n) is 3.97. The number of hydrogen-bond acceptors (Lipinski definition) is 4. The SMILES string of the molecule is CCC1(c2ccc(Cl)cc2)NC(=O)N(Cc2ccc(C(=O)Nc3ccc(OC)cc3)cc2)C1=O. The minimum absolute atomic E-state index is 0.0976. The minimum atomic E-state index is -1.13. The summed E-state index contributed by atoms with van der Waals surface area (Å²) in [5, 5.41) is 6.24. The standard InChI is InChI=1S/C26H24ClN3O4/c1-3-26(19-8-10-20(27)11-9-19)24(32)30(25(33)29-26)16-17-4-6-18(7-5-17)23(31)28-21-12-14-22(34-2)15-13-21/h4-15H,3,16H2,1-2H3,(H,28,31)(H,29,33). The van der Waals surface area contributed by atoms with Crippen LogP contribution < -0.4 is 15.4 Å². The number of methoxy groups -OCH3 is 1. The maximum absolute atomic E-state index is 13.3. The summed E-state index contributed by atoms with van der Waals surface area (Å²) < 4.78 is 5.12. The first kappa shape index (κ1) is 23.3. The van der Waals surface area contributed by atoms with E-state index in [-0.39, 0.29) is 18.4 Å². The second-order valence-electron chi connectivity index (χ2n) is 7.97. The highest BCUT2D eigenvalue weighted by Crippen LogP contribution is 2.33. The van der Waals surface area contributed by atoms with Crippen LogP contribution in [0.1, 0.15) is 34.8 Å². The quantitative estimate of drug-likeness (QED) is 0.471. The summed E-state index contributed by atoms with van der Waals surface area (Å²) in [4.78, 5) is 39.8. The molecule has 174 valence electrons. The van der Waals surface area contributed by atoms with Gasteiger partial charge < -0.3 is 15.4 Å². The number of imide groups is 1. The zero-order valence-corrected chi connectivity index (χ0v) is 19.6. The Kier molecular flexibility index (Phi) is 6.56. The van der Waals surface area contributed by atoms with Crippen LogP contribution in [-0.2, 0) is 16.9 Å². The van der Waals surface area contributed by atoms with Gasteiger partial charge in [-0.15, -0.1) is 0 Å². The highest BCUT2D eigenvalue weighted by atomic mass is 35.5. The first-order valence-electron chi connectivity index (χ1n) is 10.8. The first-order valence-corrected chi connectivity index (χ1v) is 11.2. The third kappa shape index (κ3) is 4.47. The first-order chi connectivity index (χ1) is 16.4. The number of anilines is 1. The summed E-state index contributed by atoms with van der Waals surface area (Å²) in [5.74, 6) is 0.120. The number of nitrogens with one attached hydrogen (secondary N) is 2. The van der Waals surface area contributed by atoms with Crippen LogP contribution in [0.25, 0.3) is 0 Å². The molecular weight excluding hydrogens is 454 g/mol. The molecule has 1 fully saturated rings. The van der Waals surface area contributed by atoms with Gasteiger partial charge in [0.05, 0.1) is 13.7 Å². The highest BCUT2D eigenvalue weighted by molar-refractivity contribution is 6.30. The Morgan fingerprint density at radius 3 is 2.24 bits per heavy atom.